The van der Waals surface area contributed by atoms with Gasteiger partial charge in [-0.1, -0.05) is 36.4 Å². The zero-order chi connectivity index (χ0) is 38.7. The number of ketones is 2. The number of aliphatic hydroxyl groups is 3. The predicted molar refractivity (Wildman–Crippen MR) is 196 cm³/mol. The lowest BCUT2D eigenvalue weighted by atomic mass is 9.76. The zero-order valence-electron chi connectivity index (χ0n) is 29.9. The average Bonchev–Trinajstić information content (AvgIpc) is 3.15. The van der Waals surface area contributed by atoms with Crippen molar-refractivity contribution in [3.8, 4) is 17.2 Å². The van der Waals surface area contributed by atoms with Crippen LogP contribution in [-0.2, 0) is 20.9 Å². The number of carbonyl (C=O) groups excluding carboxylic acids is 3. The maximum absolute atomic E-state index is 14.8. The molecule has 54 heavy (non-hydrogen) atoms. The standard InChI is InChI=1S/C39H44N4O11/c1-19-32(46)36(50)37(51-15-14-43-39(40)41)38(52-19)54-27-17-25-31(34(48)28(27)22-10-12-42-13-11-22)35(49)29-23(18-44)16-26(53-20(2)45)24(30(29)33(25)47)9-8-21-6-4-3-5-7-21/h3-9,16-17,19,22,32,36-38,42,44,46,48,50H,10-15,18H2,1-2H3,(H4,40,41,43)/t19-,32-,36-,37-,38-/m1/s1. The molecule has 3 aromatic carbocycles. The summed E-state index contributed by atoms with van der Waals surface area (Å²) in [6.07, 6.45) is -2.03. The summed E-state index contributed by atoms with van der Waals surface area (Å²) in [5.74, 6) is -3.12. The van der Waals surface area contributed by atoms with Gasteiger partial charge < -0.3 is 56.2 Å². The summed E-state index contributed by atoms with van der Waals surface area (Å²) in [5.41, 5.74) is 11.3. The Kier molecular flexibility index (Phi) is 11.8. The lowest BCUT2D eigenvalue weighted by molar-refractivity contribution is -0.278. The molecule has 0 unspecified atom stereocenters. The molecule has 6 rings (SSSR count). The van der Waals surface area contributed by atoms with E-state index in [4.69, 9.17) is 30.4 Å². The number of phenols is 1. The summed E-state index contributed by atoms with van der Waals surface area (Å²) in [7, 11) is 0. The van der Waals surface area contributed by atoms with Crippen molar-refractivity contribution in [3.05, 3.63) is 87.0 Å². The van der Waals surface area contributed by atoms with Gasteiger partial charge in [0.25, 0.3) is 0 Å². The smallest absolute Gasteiger partial charge is 0.308 e. The molecule has 2 saturated heterocycles. The second kappa shape index (κ2) is 16.5. The Morgan fingerprint density at radius 3 is 2.39 bits per heavy atom. The minimum atomic E-state index is -1.47. The van der Waals surface area contributed by atoms with Crippen molar-refractivity contribution in [3.63, 3.8) is 0 Å². The monoisotopic (exact) mass is 744 g/mol. The zero-order valence-corrected chi connectivity index (χ0v) is 29.9. The Bertz CT molecular complexity index is 1970. The molecule has 2 fully saturated rings. The second-order valence-corrected chi connectivity index (χ2v) is 13.4. The SMILES string of the molecule is CC(=O)Oc1cc(CO)c2c(c1C=Cc1ccccc1)C(=O)c1cc(O[C@H]3O[C@H](C)[C@@H](O)[C@@H](O)[C@H]3OCCN=C(N)N)c(C3CCNCC3)c(O)c1C2=O. The summed E-state index contributed by atoms with van der Waals surface area (Å²) in [4.78, 5) is 45.5. The molecule has 15 nitrogen and oxygen atoms in total. The van der Waals surface area contributed by atoms with Gasteiger partial charge in [-0.15, -0.1) is 0 Å². The van der Waals surface area contributed by atoms with Crippen LogP contribution in [0.1, 0.15) is 86.7 Å². The number of carbonyl (C=O) groups is 3. The molecule has 2 aliphatic heterocycles. The fourth-order valence-electron chi connectivity index (χ4n) is 7.19. The van der Waals surface area contributed by atoms with Crippen LogP contribution < -0.4 is 26.3 Å². The van der Waals surface area contributed by atoms with Crippen LogP contribution in [0, 0.1) is 0 Å². The summed E-state index contributed by atoms with van der Waals surface area (Å²) < 4.78 is 23.8. The van der Waals surface area contributed by atoms with Crippen LogP contribution in [0.4, 0.5) is 0 Å². The van der Waals surface area contributed by atoms with E-state index in [2.05, 4.69) is 10.3 Å². The van der Waals surface area contributed by atoms with E-state index >= 15 is 0 Å². The molecule has 0 bridgehead atoms. The van der Waals surface area contributed by atoms with E-state index in [0.717, 1.165) is 5.56 Å². The van der Waals surface area contributed by atoms with Crippen LogP contribution in [0.25, 0.3) is 12.2 Å². The molecule has 9 N–H and O–H groups in total. The molecule has 286 valence electrons. The van der Waals surface area contributed by atoms with Crippen molar-refractivity contribution >= 4 is 35.6 Å². The first-order chi connectivity index (χ1) is 25.9. The van der Waals surface area contributed by atoms with Gasteiger partial charge in [-0.2, -0.15) is 0 Å². The number of ether oxygens (including phenoxy) is 4. The van der Waals surface area contributed by atoms with Crippen molar-refractivity contribution in [1.29, 1.82) is 0 Å². The first-order valence-electron chi connectivity index (χ1n) is 17.7. The largest absolute Gasteiger partial charge is 0.507 e. The minimum absolute atomic E-state index is 0.00117. The van der Waals surface area contributed by atoms with Crippen LogP contribution >= 0.6 is 0 Å². The van der Waals surface area contributed by atoms with Gasteiger partial charge in [0.05, 0.1) is 31.4 Å². The molecular formula is C39H44N4O11. The third-order valence-electron chi connectivity index (χ3n) is 9.78. The number of nitrogens with one attached hydrogen (secondary N) is 1. The van der Waals surface area contributed by atoms with E-state index in [9.17, 15) is 34.8 Å². The number of guanidine groups is 1. The van der Waals surface area contributed by atoms with Gasteiger partial charge in [0, 0.05) is 34.7 Å². The number of aliphatic hydroxyl groups excluding tert-OH is 3. The Morgan fingerprint density at radius 2 is 1.72 bits per heavy atom. The van der Waals surface area contributed by atoms with Crippen LogP contribution in [0.3, 0.4) is 0 Å². The van der Waals surface area contributed by atoms with Crippen molar-refractivity contribution in [2.24, 2.45) is 16.5 Å². The summed E-state index contributed by atoms with van der Waals surface area (Å²) in [5, 5.41) is 47.6. The number of nitrogens with two attached hydrogens (primary N) is 2. The average molecular weight is 745 g/mol. The van der Waals surface area contributed by atoms with Gasteiger partial charge in [0.1, 0.15) is 35.6 Å². The van der Waals surface area contributed by atoms with Crippen molar-refractivity contribution in [2.45, 2.75) is 69.9 Å². The molecule has 0 aromatic heterocycles. The highest BCUT2D eigenvalue weighted by molar-refractivity contribution is 6.31. The van der Waals surface area contributed by atoms with Gasteiger partial charge >= 0.3 is 5.97 Å². The number of piperidine rings is 1. The van der Waals surface area contributed by atoms with Gasteiger partial charge in [-0.05, 0) is 68.1 Å². The Balaban J connectivity index is 1.51. The molecule has 0 saturated carbocycles. The number of aliphatic imine (C=N–C) groups is 1. The van der Waals surface area contributed by atoms with E-state index < -0.39 is 60.6 Å². The third kappa shape index (κ3) is 7.73. The number of rotatable bonds is 11. The van der Waals surface area contributed by atoms with E-state index in [0.29, 0.717) is 25.9 Å². The number of nitrogens with zero attached hydrogens (tertiary/aromatic N) is 1. The third-order valence-corrected chi connectivity index (χ3v) is 9.78. The van der Waals surface area contributed by atoms with E-state index in [1.165, 1.54) is 19.1 Å². The first kappa shape index (κ1) is 38.6. The van der Waals surface area contributed by atoms with E-state index in [1.54, 1.807) is 19.1 Å². The topological polar surface area (TPSA) is 245 Å². The molecule has 0 amide bonds. The quantitative estimate of drug-likeness (QED) is 0.0289. The van der Waals surface area contributed by atoms with Crippen LogP contribution in [0.15, 0.2) is 47.5 Å². The van der Waals surface area contributed by atoms with Gasteiger partial charge in [-0.25, -0.2) is 0 Å². The lowest BCUT2D eigenvalue weighted by Crippen LogP contribution is -2.59. The normalized spacial score (nSPS) is 22.8. The maximum Gasteiger partial charge on any atom is 0.308 e. The minimum Gasteiger partial charge on any atom is -0.507 e. The number of phenolic OH excluding ortho intramolecular Hbond substituents is 1. The number of aromatic hydroxyl groups is 1. The summed E-state index contributed by atoms with van der Waals surface area (Å²) in [6.45, 7) is 3.21. The Morgan fingerprint density at radius 1 is 1.00 bits per heavy atom. The molecule has 0 radical (unpaired) electrons. The van der Waals surface area contributed by atoms with Crippen LogP contribution in [0.2, 0.25) is 0 Å². The van der Waals surface area contributed by atoms with Crippen LogP contribution in [-0.4, -0.2) is 101 Å². The highest BCUT2D eigenvalue weighted by Crippen LogP contribution is 2.48. The maximum atomic E-state index is 14.8. The Hall–Kier alpha value is -5.16. The molecule has 3 aliphatic rings. The fraction of sp³-hybridized carbons (Fsp3) is 0.385. The molecule has 2 heterocycles. The number of benzene rings is 3. The van der Waals surface area contributed by atoms with Crippen molar-refractivity contribution in [1.82, 2.24) is 5.32 Å². The highest BCUT2D eigenvalue weighted by atomic mass is 16.7. The molecule has 5 atom stereocenters. The summed E-state index contributed by atoms with van der Waals surface area (Å²) >= 11 is 0. The molecular weight excluding hydrogens is 700 g/mol. The van der Waals surface area contributed by atoms with Crippen molar-refractivity contribution in [2.75, 3.05) is 26.2 Å². The van der Waals surface area contributed by atoms with E-state index in [-0.39, 0.29) is 75.5 Å². The van der Waals surface area contributed by atoms with Gasteiger partial charge in [-0.3, -0.25) is 19.4 Å². The van der Waals surface area contributed by atoms with Gasteiger partial charge in [0.15, 0.2) is 17.5 Å². The fourth-order valence-corrected chi connectivity index (χ4v) is 7.19. The van der Waals surface area contributed by atoms with E-state index in [1.807, 2.05) is 30.3 Å². The first-order valence-corrected chi connectivity index (χ1v) is 17.7. The lowest BCUT2D eigenvalue weighted by Gasteiger charge is -2.41. The number of hydrogen-bond donors (Lipinski definition) is 7. The Labute approximate surface area is 311 Å². The molecule has 0 spiro atoms. The summed E-state index contributed by atoms with van der Waals surface area (Å²) in [6, 6.07) is 11.8. The van der Waals surface area contributed by atoms with Crippen molar-refractivity contribution < 1.29 is 53.8 Å². The predicted octanol–water partition coefficient (Wildman–Crippen LogP) is 1.73. The number of fused-ring (bicyclic) bond motifs is 2. The molecule has 1 aliphatic carbocycles. The highest BCUT2D eigenvalue weighted by Gasteiger charge is 2.46. The molecule has 3 aromatic rings. The number of hydrogen-bond acceptors (Lipinski definition) is 13. The van der Waals surface area contributed by atoms with Gasteiger partial charge in [0.2, 0.25) is 6.29 Å². The van der Waals surface area contributed by atoms with Crippen LogP contribution in [0.5, 0.6) is 17.2 Å². The molecule has 15 heteroatoms. The number of esters is 1. The second-order valence-electron chi connectivity index (χ2n) is 13.4.